The van der Waals surface area contributed by atoms with Gasteiger partial charge in [0.2, 0.25) is 12.3 Å². The molecule has 2 aliphatic rings. The molecular weight excluding hydrogens is 386 g/mol. The largest absolute Gasteiger partial charge is 0.497 e. The summed E-state index contributed by atoms with van der Waals surface area (Å²) in [6.07, 6.45) is 9.28. The first-order valence-corrected chi connectivity index (χ1v) is 10.4. The van der Waals surface area contributed by atoms with Gasteiger partial charge in [-0.3, -0.25) is 19.6 Å². The molecule has 0 radical (unpaired) electrons. The Balaban J connectivity index is 1.72. The number of ether oxygens (including phenoxy) is 1. The smallest absolute Gasteiger partial charge is 0.272 e. The van der Waals surface area contributed by atoms with Gasteiger partial charge in [-0.15, -0.1) is 0 Å². The Morgan fingerprint density at radius 3 is 2.60 bits per heavy atom. The zero-order valence-electron chi connectivity index (χ0n) is 17.3. The van der Waals surface area contributed by atoms with Crippen LogP contribution in [0.15, 0.2) is 36.5 Å². The maximum atomic E-state index is 13.1. The van der Waals surface area contributed by atoms with Crippen molar-refractivity contribution in [2.75, 3.05) is 13.7 Å². The minimum atomic E-state index is -0.605. The molecule has 8 heteroatoms. The quantitative estimate of drug-likeness (QED) is 0.400. The van der Waals surface area contributed by atoms with Crippen LogP contribution in [0, 0.1) is 5.92 Å². The molecule has 1 aromatic rings. The Bertz CT molecular complexity index is 773. The topological polar surface area (TPSA) is 90.4 Å². The summed E-state index contributed by atoms with van der Waals surface area (Å²) in [5.41, 5.74) is 0.447. The number of nitrogens with zero attached hydrogens (tertiary/aromatic N) is 3. The molecule has 0 saturated heterocycles. The minimum absolute atomic E-state index is 0.0531. The number of benzene rings is 1. The number of hydrazine groups is 1. The second-order valence-electron chi connectivity index (χ2n) is 7.80. The van der Waals surface area contributed by atoms with Crippen molar-refractivity contribution in [2.45, 2.75) is 51.0 Å². The average molecular weight is 415 g/mol. The lowest BCUT2D eigenvalue weighted by Crippen LogP contribution is -2.50. The molecule has 1 fully saturated rings. The lowest BCUT2D eigenvalue weighted by Gasteiger charge is -2.36. The van der Waals surface area contributed by atoms with Crippen molar-refractivity contribution in [1.29, 1.82) is 0 Å². The highest BCUT2D eigenvalue weighted by atomic mass is 16.5. The van der Waals surface area contributed by atoms with Gasteiger partial charge in [0.1, 0.15) is 5.75 Å². The Morgan fingerprint density at radius 2 is 1.97 bits per heavy atom. The van der Waals surface area contributed by atoms with Crippen LogP contribution in [0.25, 0.3) is 0 Å². The van der Waals surface area contributed by atoms with Crippen molar-refractivity contribution in [3.63, 3.8) is 0 Å². The van der Waals surface area contributed by atoms with E-state index in [-0.39, 0.29) is 18.2 Å². The van der Waals surface area contributed by atoms with E-state index in [0.29, 0.717) is 48.1 Å². The molecule has 1 unspecified atom stereocenters. The number of carbonyl (C=O) groups is 3. The summed E-state index contributed by atoms with van der Waals surface area (Å²) in [6, 6.07) is 6.11. The van der Waals surface area contributed by atoms with Crippen LogP contribution < -0.4 is 4.74 Å². The van der Waals surface area contributed by atoms with E-state index in [1.807, 2.05) is 6.08 Å². The van der Waals surface area contributed by atoms with E-state index < -0.39 is 6.04 Å². The fourth-order valence-electron chi connectivity index (χ4n) is 4.16. The molecular formula is C22H29N3O5. The number of amides is 3. The van der Waals surface area contributed by atoms with Crippen LogP contribution in [0.3, 0.4) is 0 Å². The van der Waals surface area contributed by atoms with Crippen LogP contribution in [0.2, 0.25) is 0 Å². The van der Waals surface area contributed by atoms with Crippen molar-refractivity contribution in [2.24, 2.45) is 5.92 Å². The van der Waals surface area contributed by atoms with E-state index in [1.165, 1.54) is 10.0 Å². The molecule has 1 N–H and O–H groups in total. The molecule has 30 heavy (non-hydrogen) atoms. The summed E-state index contributed by atoms with van der Waals surface area (Å²) >= 11 is 0. The molecule has 1 atom stereocenters. The predicted octanol–water partition coefficient (Wildman–Crippen LogP) is 2.99. The van der Waals surface area contributed by atoms with E-state index in [1.54, 1.807) is 37.6 Å². The Morgan fingerprint density at radius 1 is 1.27 bits per heavy atom. The lowest BCUT2D eigenvalue weighted by atomic mass is 9.96. The number of methoxy groups -OCH3 is 1. The van der Waals surface area contributed by atoms with Gasteiger partial charge in [0.15, 0.2) is 0 Å². The standard InChI is InChI=1S/C22H29N3O5/c1-30-20-10-8-18(9-11-20)22(28)24-13-5-4-12-23(24)21(27)15-19(25(29)16-26)14-17-6-2-3-7-17/h4,8-12,16-17,19,29H,2-3,5-7,13-15H2,1H3. The molecule has 1 aliphatic carbocycles. The summed E-state index contributed by atoms with van der Waals surface area (Å²) in [5.74, 6) is 0.409. The molecule has 1 aromatic carbocycles. The van der Waals surface area contributed by atoms with Crippen molar-refractivity contribution in [3.05, 3.63) is 42.1 Å². The minimum Gasteiger partial charge on any atom is -0.497 e. The van der Waals surface area contributed by atoms with Gasteiger partial charge < -0.3 is 4.74 Å². The summed E-state index contributed by atoms with van der Waals surface area (Å²) in [5, 5.41) is 13.3. The van der Waals surface area contributed by atoms with Crippen LogP contribution in [0.1, 0.15) is 55.3 Å². The van der Waals surface area contributed by atoms with Gasteiger partial charge in [0.25, 0.3) is 5.91 Å². The third-order valence-electron chi connectivity index (χ3n) is 5.81. The monoisotopic (exact) mass is 415 g/mol. The van der Waals surface area contributed by atoms with Gasteiger partial charge in [-0.05, 0) is 43.0 Å². The maximum Gasteiger partial charge on any atom is 0.272 e. The first-order valence-electron chi connectivity index (χ1n) is 10.4. The van der Waals surface area contributed by atoms with Crippen LogP contribution in [-0.4, -0.2) is 58.2 Å². The lowest BCUT2D eigenvalue weighted by molar-refractivity contribution is -0.166. The van der Waals surface area contributed by atoms with Crippen LogP contribution in [-0.2, 0) is 9.59 Å². The predicted molar refractivity (Wildman–Crippen MR) is 109 cm³/mol. The number of hydrogen-bond donors (Lipinski definition) is 1. The first-order chi connectivity index (χ1) is 14.5. The SMILES string of the molecule is COc1ccc(C(=O)N2CCC=CN2C(=O)CC(CC2CCCC2)N(O)C=O)cc1. The van der Waals surface area contributed by atoms with Gasteiger partial charge >= 0.3 is 0 Å². The van der Waals surface area contributed by atoms with Crippen molar-refractivity contribution in [3.8, 4) is 5.75 Å². The second kappa shape index (κ2) is 10.2. The molecule has 162 valence electrons. The van der Waals surface area contributed by atoms with Crippen molar-refractivity contribution < 1.29 is 24.3 Å². The zero-order valence-corrected chi connectivity index (χ0v) is 17.3. The van der Waals surface area contributed by atoms with Crippen LogP contribution in [0.5, 0.6) is 5.75 Å². The van der Waals surface area contributed by atoms with Crippen molar-refractivity contribution in [1.82, 2.24) is 15.1 Å². The third-order valence-corrected chi connectivity index (χ3v) is 5.81. The average Bonchev–Trinajstić information content (AvgIpc) is 3.30. The molecule has 3 amide bonds. The second-order valence-corrected chi connectivity index (χ2v) is 7.80. The van der Waals surface area contributed by atoms with E-state index in [4.69, 9.17) is 4.74 Å². The Labute approximate surface area is 176 Å². The van der Waals surface area contributed by atoms with E-state index in [2.05, 4.69) is 0 Å². The van der Waals surface area contributed by atoms with Gasteiger partial charge in [-0.1, -0.05) is 31.8 Å². The van der Waals surface area contributed by atoms with Gasteiger partial charge in [0.05, 0.1) is 19.6 Å². The van der Waals surface area contributed by atoms with E-state index in [0.717, 1.165) is 25.7 Å². The highest BCUT2D eigenvalue weighted by molar-refractivity contribution is 5.96. The third kappa shape index (κ3) is 5.18. The summed E-state index contributed by atoms with van der Waals surface area (Å²) in [7, 11) is 1.55. The first kappa shape index (κ1) is 21.8. The number of hydroxylamine groups is 2. The summed E-state index contributed by atoms with van der Waals surface area (Å²) in [4.78, 5) is 37.2. The Kier molecular flexibility index (Phi) is 7.46. The number of hydrogen-bond acceptors (Lipinski definition) is 5. The van der Waals surface area contributed by atoms with E-state index in [9.17, 15) is 19.6 Å². The van der Waals surface area contributed by atoms with Gasteiger partial charge in [0, 0.05) is 18.3 Å². The molecule has 1 aliphatic heterocycles. The fraction of sp³-hybridized carbons (Fsp3) is 0.500. The molecule has 0 bridgehead atoms. The number of rotatable bonds is 8. The highest BCUT2D eigenvalue weighted by Crippen LogP contribution is 2.30. The highest BCUT2D eigenvalue weighted by Gasteiger charge is 2.31. The molecule has 1 saturated carbocycles. The molecule has 8 nitrogen and oxygen atoms in total. The normalized spacial score (nSPS) is 17.7. The molecule has 3 rings (SSSR count). The number of carbonyl (C=O) groups excluding carboxylic acids is 3. The van der Waals surface area contributed by atoms with Gasteiger partial charge in [-0.25, -0.2) is 15.1 Å². The Hall–Kier alpha value is -2.87. The molecule has 0 spiro atoms. The van der Waals surface area contributed by atoms with Crippen molar-refractivity contribution >= 4 is 18.2 Å². The molecule has 1 heterocycles. The fourth-order valence-corrected chi connectivity index (χ4v) is 4.16. The van der Waals surface area contributed by atoms with Crippen LogP contribution >= 0.6 is 0 Å². The zero-order chi connectivity index (χ0) is 21.5. The maximum absolute atomic E-state index is 13.1. The summed E-state index contributed by atoms with van der Waals surface area (Å²) in [6.45, 7) is 0.372. The summed E-state index contributed by atoms with van der Waals surface area (Å²) < 4.78 is 5.13. The van der Waals surface area contributed by atoms with Crippen LogP contribution in [0.4, 0.5) is 0 Å². The van der Waals surface area contributed by atoms with E-state index >= 15 is 0 Å². The van der Waals surface area contributed by atoms with Gasteiger partial charge in [-0.2, -0.15) is 0 Å². The molecule has 0 aromatic heterocycles.